The average molecular weight is 262 g/mol. The smallest absolute Gasteiger partial charge is 0.423 e. The standard InChI is InChI=1S/C15H10N4O/c16-17-14-13(11-7-3-1-4-8-11)18-19(15(14)20)12-9-5-2-6-10-12/h1-10H. The van der Waals surface area contributed by atoms with Gasteiger partial charge in [-0.05, 0) is 12.1 Å². The van der Waals surface area contributed by atoms with Crippen LogP contribution in [-0.4, -0.2) is 9.78 Å². The van der Waals surface area contributed by atoms with Crippen molar-refractivity contribution in [3.05, 3.63) is 65.6 Å². The van der Waals surface area contributed by atoms with Crippen LogP contribution in [0.1, 0.15) is 0 Å². The van der Waals surface area contributed by atoms with Crippen LogP contribution in [0.25, 0.3) is 21.9 Å². The predicted octanol–water partition coefficient (Wildman–Crippen LogP) is 3.10. The first-order valence-corrected chi connectivity index (χ1v) is 6.07. The summed E-state index contributed by atoms with van der Waals surface area (Å²) in [4.78, 5) is 3.10. The first-order chi connectivity index (χ1) is 9.81. The lowest BCUT2D eigenvalue weighted by Crippen LogP contribution is -2.02. The average Bonchev–Trinajstić information content (AvgIpc) is 2.86. The van der Waals surface area contributed by atoms with Crippen LogP contribution in [-0.2, 0) is 0 Å². The molecule has 0 spiro atoms. The highest BCUT2D eigenvalue weighted by atomic mass is 16.3. The fourth-order valence-electron chi connectivity index (χ4n) is 2.02. The van der Waals surface area contributed by atoms with E-state index < -0.39 is 5.88 Å². The molecule has 0 bridgehead atoms. The Hall–Kier alpha value is -3.13. The highest BCUT2D eigenvalue weighted by molar-refractivity contribution is 5.79. The van der Waals surface area contributed by atoms with E-state index in [1.807, 2.05) is 48.5 Å². The van der Waals surface area contributed by atoms with E-state index in [4.69, 9.17) is 5.39 Å². The minimum atomic E-state index is -0.447. The summed E-state index contributed by atoms with van der Waals surface area (Å²) in [5, 5.41) is 25.6. The summed E-state index contributed by atoms with van der Waals surface area (Å²) in [6.45, 7) is 0. The summed E-state index contributed by atoms with van der Waals surface area (Å²) in [7, 11) is 0. The zero-order valence-corrected chi connectivity index (χ0v) is 10.5. The van der Waals surface area contributed by atoms with E-state index in [-0.39, 0.29) is 5.69 Å². The summed E-state index contributed by atoms with van der Waals surface area (Å²) < 4.78 is 1.23. The van der Waals surface area contributed by atoms with Crippen LogP contribution in [0, 0.1) is 5.39 Å². The molecule has 96 valence electrons. The molecule has 0 amide bonds. The van der Waals surface area contributed by atoms with E-state index in [2.05, 4.69) is 10.1 Å². The van der Waals surface area contributed by atoms with Gasteiger partial charge >= 0.3 is 5.69 Å². The number of rotatable bonds is 2. The van der Waals surface area contributed by atoms with E-state index >= 15 is 0 Å². The SMILES string of the molecule is N#[N+]c1c(-c2ccccc2)nn(-c2ccccc2)c1[O-]. The van der Waals surface area contributed by atoms with Gasteiger partial charge in [-0.3, -0.25) is 0 Å². The minimum absolute atomic E-state index is 0.0555. The first-order valence-electron chi connectivity index (χ1n) is 6.07. The second-order valence-corrected chi connectivity index (χ2v) is 4.22. The van der Waals surface area contributed by atoms with Gasteiger partial charge in [0.2, 0.25) is 5.39 Å². The van der Waals surface area contributed by atoms with Crippen molar-refractivity contribution in [2.24, 2.45) is 0 Å². The molecule has 0 fully saturated rings. The van der Waals surface area contributed by atoms with E-state index in [1.165, 1.54) is 4.68 Å². The Morgan fingerprint density at radius 2 is 1.55 bits per heavy atom. The van der Waals surface area contributed by atoms with Crippen LogP contribution in [0.3, 0.4) is 0 Å². The van der Waals surface area contributed by atoms with Crippen LogP contribution in [0.4, 0.5) is 5.69 Å². The normalized spacial score (nSPS) is 10.2. The summed E-state index contributed by atoms with van der Waals surface area (Å²) in [6, 6.07) is 18.2. The third-order valence-electron chi connectivity index (χ3n) is 2.97. The second-order valence-electron chi connectivity index (χ2n) is 4.22. The van der Waals surface area contributed by atoms with Gasteiger partial charge in [-0.1, -0.05) is 48.5 Å². The number of para-hydroxylation sites is 1. The van der Waals surface area contributed by atoms with Crippen molar-refractivity contribution in [3.63, 3.8) is 0 Å². The van der Waals surface area contributed by atoms with Crippen LogP contribution >= 0.6 is 0 Å². The van der Waals surface area contributed by atoms with Gasteiger partial charge in [0, 0.05) is 5.56 Å². The molecule has 0 saturated carbocycles. The molecule has 2 aromatic carbocycles. The molecule has 1 heterocycles. The summed E-state index contributed by atoms with van der Waals surface area (Å²) in [6.07, 6.45) is 0. The van der Waals surface area contributed by atoms with Gasteiger partial charge in [0.15, 0.2) is 10.7 Å². The molecule has 3 aromatic rings. The first kappa shape index (κ1) is 11.9. The van der Waals surface area contributed by atoms with Gasteiger partial charge in [0.1, 0.15) is 0 Å². The molecule has 1 aromatic heterocycles. The van der Waals surface area contributed by atoms with Crippen LogP contribution in [0.2, 0.25) is 0 Å². The highest BCUT2D eigenvalue weighted by Gasteiger charge is 2.24. The van der Waals surface area contributed by atoms with Crippen LogP contribution in [0.15, 0.2) is 60.7 Å². The predicted molar refractivity (Wildman–Crippen MR) is 73.2 cm³/mol. The van der Waals surface area contributed by atoms with Gasteiger partial charge in [0.25, 0.3) is 0 Å². The largest absolute Gasteiger partial charge is 0.853 e. The maximum atomic E-state index is 12.2. The molecule has 0 saturated heterocycles. The lowest BCUT2D eigenvalue weighted by atomic mass is 10.1. The molecule has 0 N–H and O–H groups in total. The summed E-state index contributed by atoms with van der Waals surface area (Å²) in [5.74, 6) is -0.447. The zero-order valence-electron chi connectivity index (χ0n) is 10.5. The Kier molecular flexibility index (Phi) is 2.90. The van der Waals surface area contributed by atoms with E-state index in [0.717, 1.165) is 5.56 Å². The molecule has 0 aliphatic rings. The van der Waals surface area contributed by atoms with Crippen molar-refractivity contribution in [1.82, 2.24) is 9.78 Å². The lowest BCUT2D eigenvalue weighted by molar-refractivity contribution is -0.276. The Labute approximate surface area is 115 Å². The minimum Gasteiger partial charge on any atom is -0.853 e. The topological polar surface area (TPSA) is 69.0 Å². The number of diazo groups is 1. The Morgan fingerprint density at radius 1 is 0.950 bits per heavy atom. The highest BCUT2D eigenvalue weighted by Crippen LogP contribution is 2.37. The van der Waals surface area contributed by atoms with E-state index in [9.17, 15) is 5.11 Å². The van der Waals surface area contributed by atoms with Gasteiger partial charge in [-0.15, -0.1) is 0 Å². The quantitative estimate of drug-likeness (QED) is 0.666. The van der Waals surface area contributed by atoms with Gasteiger partial charge in [0.05, 0.1) is 11.6 Å². The summed E-state index contributed by atoms with van der Waals surface area (Å²) >= 11 is 0. The molecular weight excluding hydrogens is 252 g/mol. The third-order valence-corrected chi connectivity index (χ3v) is 2.97. The van der Waals surface area contributed by atoms with Gasteiger partial charge in [-0.2, -0.15) is 5.10 Å². The fraction of sp³-hybridized carbons (Fsp3) is 0. The fourth-order valence-corrected chi connectivity index (χ4v) is 2.02. The molecule has 5 nitrogen and oxygen atoms in total. The van der Waals surface area contributed by atoms with Crippen LogP contribution in [0.5, 0.6) is 5.88 Å². The monoisotopic (exact) mass is 262 g/mol. The molecule has 20 heavy (non-hydrogen) atoms. The lowest BCUT2D eigenvalue weighted by Gasteiger charge is -2.06. The molecule has 3 rings (SSSR count). The van der Waals surface area contributed by atoms with Crippen molar-refractivity contribution in [2.75, 3.05) is 0 Å². The number of aromatic nitrogens is 2. The second kappa shape index (κ2) is 4.86. The Balaban J connectivity index is 2.22. The Morgan fingerprint density at radius 3 is 2.15 bits per heavy atom. The van der Waals surface area contributed by atoms with Gasteiger partial charge in [-0.25, -0.2) is 4.68 Å². The van der Waals surface area contributed by atoms with Crippen molar-refractivity contribution >= 4 is 5.69 Å². The summed E-state index contributed by atoms with van der Waals surface area (Å²) in [5.41, 5.74) is 1.67. The van der Waals surface area contributed by atoms with Gasteiger partial charge < -0.3 is 5.11 Å². The molecule has 0 unspecified atom stereocenters. The van der Waals surface area contributed by atoms with Crippen molar-refractivity contribution in [2.45, 2.75) is 0 Å². The number of benzene rings is 2. The Bertz CT molecular complexity index is 773. The van der Waals surface area contributed by atoms with E-state index in [0.29, 0.717) is 11.4 Å². The zero-order chi connectivity index (χ0) is 13.9. The molecule has 0 aliphatic carbocycles. The van der Waals surface area contributed by atoms with Crippen LogP contribution < -0.4 is 5.11 Å². The molecule has 0 atom stereocenters. The molecular formula is C15H10N4O. The molecule has 0 radical (unpaired) electrons. The number of hydrogen-bond acceptors (Lipinski definition) is 3. The van der Waals surface area contributed by atoms with Crippen molar-refractivity contribution in [1.29, 1.82) is 5.39 Å². The maximum Gasteiger partial charge on any atom is 0.423 e. The van der Waals surface area contributed by atoms with Crippen molar-refractivity contribution in [3.8, 4) is 22.8 Å². The molecule has 5 heteroatoms. The van der Waals surface area contributed by atoms with Crippen molar-refractivity contribution < 1.29 is 5.11 Å². The number of nitrogens with zero attached hydrogens (tertiary/aromatic N) is 4. The number of hydrogen-bond donors (Lipinski definition) is 0. The maximum absolute atomic E-state index is 12.2. The van der Waals surface area contributed by atoms with E-state index in [1.54, 1.807) is 12.1 Å². The third kappa shape index (κ3) is 1.89. The molecule has 0 aliphatic heterocycles.